The lowest BCUT2D eigenvalue weighted by molar-refractivity contribution is -0.118. The Morgan fingerprint density at radius 1 is 0.926 bits per heavy atom. The van der Waals surface area contributed by atoms with Crippen LogP contribution in [0.15, 0.2) is 66.0 Å². The van der Waals surface area contributed by atoms with Crippen molar-refractivity contribution in [3.05, 3.63) is 70.9 Å². The van der Waals surface area contributed by atoms with Gasteiger partial charge in [0.15, 0.2) is 6.61 Å². The van der Waals surface area contributed by atoms with E-state index in [9.17, 15) is 9.59 Å². The van der Waals surface area contributed by atoms with E-state index < -0.39 is 5.97 Å². The van der Waals surface area contributed by atoms with Gasteiger partial charge >= 0.3 is 5.97 Å². The van der Waals surface area contributed by atoms with Crippen LogP contribution in [0.25, 0.3) is 0 Å². The van der Waals surface area contributed by atoms with E-state index in [4.69, 9.17) is 9.47 Å². The summed E-state index contributed by atoms with van der Waals surface area (Å²) in [5.74, 6) is 1.07. The zero-order valence-electron chi connectivity index (χ0n) is 14.5. The molecule has 0 saturated carbocycles. The summed E-state index contributed by atoms with van der Waals surface area (Å²) in [6.45, 7) is -0.185. The smallest absolute Gasteiger partial charge is 0.350 e. The molecule has 0 unspecified atom stereocenters. The molecular formula is C20H17NO5S. The van der Waals surface area contributed by atoms with Crippen molar-refractivity contribution in [2.75, 3.05) is 19.0 Å². The number of amides is 1. The first-order valence-corrected chi connectivity index (χ1v) is 8.95. The lowest BCUT2D eigenvalue weighted by Gasteiger charge is -2.09. The van der Waals surface area contributed by atoms with Crippen molar-refractivity contribution >= 4 is 28.9 Å². The van der Waals surface area contributed by atoms with Crippen LogP contribution in [-0.4, -0.2) is 25.6 Å². The quantitative estimate of drug-likeness (QED) is 0.614. The maximum Gasteiger partial charge on any atom is 0.350 e. The lowest BCUT2D eigenvalue weighted by atomic mass is 10.3. The molecular weight excluding hydrogens is 366 g/mol. The number of carbonyl (C=O) groups excluding carboxylic acids is 2. The maximum atomic E-state index is 12.0. The fourth-order valence-electron chi connectivity index (χ4n) is 2.22. The summed E-state index contributed by atoms with van der Waals surface area (Å²) < 4.78 is 15.8. The molecule has 1 N–H and O–H groups in total. The van der Waals surface area contributed by atoms with Gasteiger partial charge in [-0.2, -0.15) is 0 Å². The van der Waals surface area contributed by atoms with Crippen molar-refractivity contribution in [1.29, 1.82) is 0 Å². The predicted molar refractivity (Wildman–Crippen MR) is 103 cm³/mol. The SMILES string of the molecule is COC(=O)c1sccc1NC(=O)COc1ccc(Oc2ccccc2)cc1. The Balaban J connectivity index is 1.52. The van der Waals surface area contributed by atoms with E-state index in [2.05, 4.69) is 10.1 Å². The zero-order valence-corrected chi connectivity index (χ0v) is 15.3. The van der Waals surface area contributed by atoms with Crippen LogP contribution in [0.4, 0.5) is 5.69 Å². The van der Waals surface area contributed by atoms with Gasteiger partial charge in [-0.05, 0) is 47.8 Å². The van der Waals surface area contributed by atoms with Crippen molar-refractivity contribution in [2.45, 2.75) is 0 Å². The Morgan fingerprint density at radius 3 is 2.30 bits per heavy atom. The Hall–Kier alpha value is -3.32. The van der Waals surface area contributed by atoms with Gasteiger partial charge in [0.05, 0.1) is 12.8 Å². The van der Waals surface area contributed by atoms with E-state index in [-0.39, 0.29) is 12.5 Å². The van der Waals surface area contributed by atoms with E-state index in [1.54, 1.807) is 35.7 Å². The normalized spacial score (nSPS) is 10.1. The number of methoxy groups -OCH3 is 1. The summed E-state index contributed by atoms with van der Waals surface area (Å²) in [4.78, 5) is 24.0. The molecule has 1 heterocycles. The topological polar surface area (TPSA) is 73.9 Å². The van der Waals surface area contributed by atoms with E-state index >= 15 is 0 Å². The number of rotatable bonds is 7. The van der Waals surface area contributed by atoms with Gasteiger partial charge < -0.3 is 19.5 Å². The fraction of sp³-hybridized carbons (Fsp3) is 0.100. The minimum atomic E-state index is -0.491. The molecule has 138 valence electrons. The molecule has 3 aromatic rings. The molecule has 0 saturated heterocycles. The second kappa shape index (κ2) is 8.86. The van der Waals surface area contributed by atoms with Crippen LogP contribution in [0.5, 0.6) is 17.2 Å². The van der Waals surface area contributed by atoms with Crippen LogP contribution < -0.4 is 14.8 Å². The molecule has 0 bridgehead atoms. The first-order chi connectivity index (χ1) is 13.2. The van der Waals surface area contributed by atoms with Gasteiger partial charge in [-0.25, -0.2) is 4.79 Å². The van der Waals surface area contributed by atoms with Gasteiger partial charge in [0.2, 0.25) is 0 Å². The number of hydrogen-bond donors (Lipinski definition) is 1. The Labute approximate surface area is 160 Å². The first-order valence-electron chi connectivity index (χ1n) is 8.07. The van der Waals surface area contributed by atoms with Crippen LogP contribution in [0.3, 0.4) is 0 Å². The largest absolute Gasteiger partial charge is 0.484 e. The first kappa shape index (κ1) is 18.5. The summed E-state index contributed by atoms with van der Waals surface area (Å²) in [6, 6.07) is 18.0. The number of thiophene rings is 1. The molecule has 6 nitrogen and oxygen atoms in total. The Bertz CT molecular complexity index is 906. The number of benzene rings is 2. The zero-order chi connectivity index (χ0) is 19.1. The van der Waals surface area contributed by atoms with Gasteiger partial charge in [0, 0.05) is 0 Å². The lowest BCUT2D eigenvalue weighted by Crippen LogP contribution is -2.21. The molecule has 1 amide bonds. The molecule has 0 aliphatic heterocycles. The Kier molecular flexibility index (Phi) is 6.06. The third-order valence-corrected chi connectivity index (χ3v) is 4.38. The highest BCUT2D eigenvalue weighted by Crippen LogP contribution is 2.24. The molecule has 7 heteroatoms. The van der Waals surface area contributed by atoms with Gasteiger partial charge in [-0.15, -0.1) is 11.3 Å². The number of esters is 1. The van der Waals surface area contributed by atoms with Gasteiger partial charge in [0.1, 0.15) is 22.1 Å². The van der Waals surface area contributed by atoms with Gasteiger partial charge in [-0.1, -0.05) is 18.2 Å². The molecule has 2 aromatic carbocycles. The highest BCUT2D eigenvalue weighted by Gasteiger charge is 2.15. The molecule has 0 spiro atoms. The molecule has 0 aliphatic rings. The van der Waals surface area contributed by atoms with Crippen molar-refractivity contribution in [2.24, 2.45) is 0 Å². The van der Waals surface area contributed by atoms with Crippen LogP contribution in [0.1, 0.15) is 9.67 Å². The molecule has 0 radical (unpaired) electrons. The number of anilines is 1. The number of para-hydroxylation sites is 1. The fourth-order valence-corrected chi connectivity index (χ4v) is 2.99. The van der Waals surface area contributed by atoms with Crippen LogP contribution in [-0.2, 0) is 9.53 Å². The average molecular weight is 383 g/mol. The maximum absolute atomic E-state index is 12.0. The number of hydrogen-bond acceptors (Lipinski definition) is 6. The van der Waals surface area contributed by atoms with Gasteiger partial charge in [0.25, 0.3) is 5.91 Å². The van der Waals surface area contributed by atoms with Crippen molar-refractivity contribution < 1.29 is 23.8 Å². The van der Waals surface area contributed by atoms with E-state index in [0.717, 1.165) is 5.75 Å². The third kappa shape index (κ3) is 5.08. The molecule has 3 rings (SSSR count). The van der Waals surface area contributed by atoms with E-state index in [1.165, 1.54) is 18.4 Å². The standard InChI is InChI=1S/C20H17NO5S/c1-24-20(23)19-17(11-12-27-19)21-18(22)13-25-14-7-9-16(10-8-14)26-15-5-3-2-4-6-15/h2-12H,13H2,1H3,(H,21,22). The second-order valence-corrected chi connectivity index (χ2v) is 6.29. The van der Waals surface area contributed by atoms with Crippen molar-refractivity contribution in [3.8, 4) is 17.2 Å². The highest BCUT2D eigenvalue weighted by atomic mass is 32.1. The van der Waals surface area contributed by atoms with Crippen molar-refractivity contribution in [1.82, 2.24) is 0 Å². The predicted octanol–water partition coefficient (Wildman–Crippen LogP) is 4.34. The van der Waals surface area contributed by atoms with Gasteiger partial charge in [-0.3, -0.25) is 4.79 Å². The molecule has 1 aromatic heterocycles. The summed E-state index contributed by atoms with van der Waals surface area (Å²) in [5, 5.41) is 4.34. The highest BCUT2D eigenvalue weighted by molar-refractivity contribution is 7.12. The third-order valence-electron chi connectivity index (χ3n) is 3.48. The Morgan fingerprint density at radius 2 is 1.59 bits per heavy atom. The molecule has 0 aliphatic carbocycles. The number of ether oxygens (including phenoxy) is 3. The summed E-state index contributed by atoms with van der Waals surface area (Å²) >= 11 is 1.20. The monoisotopic (exact) mass is 383 g/mol. The summed E-state index contributed by atoms with van der Waals surface area (Å²) in [7, 11) is 1.29. The van der Waals surface area contributed by atoms with E-state index in [1.807, 2.05) is 30.3 Å². The minimum absolute atomic E-state index is 0.185. The molecule has 0 atom stereocenters. The van der Waals surface area contributed by atoms with Crippen LogP contribution >= 0.6 is 11.3 Å². The average Bonchev–Trinajstić information content (AvgIpc) is 3.15. The summed E-state index contributed by atoms with van der Waals surface area (Å²) in [5.41, 5.74) is 0.409. The van der Waals surface area contributed by atoms with Crippen molar-refractivity contribution in [3.63, 3.8) is 0 Å². The molecule has 0 fully saturated rings. The van der Waals surface area contributed by atoms with Crippen LogP contribution in [0, 0.1) is 0 Å². The van der Waals surface area contributed by atoms with Crippen LogP contribution in [0.2, 0.25) is 0 Å². The molecule has 27 heavy (non-hydrogen) atoms. The second-order valence-electron chi connectivity index (χ2n) is 5.38. The number of carbonyl (C=O) groups is 2. The minimum Gasteiger partial charge on any atom is -0.484 e. The van der Waals surface area contributed by atoms with E-state index in [0.29, 0.717) is 22.1 Å². The number of nitrogens with one attached hydrogen (secondary N) is 1. The summed E-state index contributed by atoms with van der Waals surface area (Å²) in [6.07, 6.45) is 0.